The van der Waals surface area contributed by atoms with E-state index in [1.54, 1.807) is 6.20 Å². The lowest BCUT2D eigenvalue weighted by Crippen LogP contribution is -2.37. The summed E-state index contributed by atoms with van der Waals surface area (Å²) in [5, 5.41) is 15.7. The van der Waals surface area contributed by atoms with E-state index in [4.69, 9.17) is 5.10 Å². The summed E-state index contributed by atoms with van der Waals surface area (Å²) < 4.78 is 0. The molecule has 1 atom stereocenters. The zero-order chi connectivity index (χ0) is 19.8. The lowest BCUT2D eigenvalue weighted by atomic mass is 10.00. The third-order valence-electron chi connectivity index (χ3n) is 5.16. The van der Waals surface area contributed by atoms with Crippen molar-refractivity contribution in [3.8, 4) is 0 Å². The summed E-state index contributed by atoms with van der Waals surface area (Å²) in [7, 11) is 0. The largest absolute Gasteiger partial charge is 0.264 e. The number of allylic oxidation sites excluding steroid dienone is 1. The number of rotatable bonds is 3. The van der Waals surface area contributed by atoms with Crippen LogP contribution in [0.5, 0.6) is 0 Å². The molecule has 2 aromatic heterocycles. The normalized spacial score (nSPS) is 18.6. The van der Waals surface area contributed by atoms with Gasteiger partial charge in [-0.2, -0.15) is 10.2 Å². The van der Waals surface area contributed by atoms with Crippen LogP contribution in [0.25, 0.3) is 10.8 Å². The Labute approximate surface area is 169 Å². The fourth-order valence-electron chi connectivity index (χ4n) is 3.74. The van der Waals surface area contributed by atoms with Crippen molar-refractivity contribution in [2.45, 2.75) is 19.4 Å². The van der Waals surface area contributed by atoms with Gasteiger partial charge in [-0.15, -0.1) is 0 Å². The van der Waals surface area contributed by atoms with Gasteiger partial charge in [0.25, 0.3) is 0 Å². The minimum atomic E-state index is -0.0170. The highest BCUT2D eigenvalue weighted by molar-refractivity contribution is 6.11. The molecule has 0 spiro atoms. The molecule has 0 amide bonds. The Morgan fingerprint density at radius 3 is 2.97 bits per heavy atom. The molecule has 1 aromatic carbocycles. The van der Waals surface area contributed by atoms with Gasteiger partial charge in [-0.3, -0.25) is 15.0 Å². The Kier molecular flexibility index (Phi) is 4.17. The van der Waals surface area contributed by atoms with Crippen LogP contribution in [0.15, 0.2) is 89.6 Å². The van der Waals surface area contributed by atoms with Crippen LogP contribution in [0.3, 0.4) is 0 Å². The summed E-state index contributed by atoms with van der Waals surface area (Å²) in [6, 6.07) is 12.2. The van der Waals surface area contributed by atoms with E-state index in [-0.39, 0.29) is 6.04 Å². The molecule has 0 fully saturated rings. The molecule has 0 radical (unpaired) electrons. The standard InChI is InChI=1S/C23H20N6/c1-16-9-13-28(19-6-11-25-17(2)14-19)27-23(16)22-8-12-26-29(22)21-5-3-4-18-15-24-10-7-20(18)21/h3-7,9-15,22H,1,8H2,2H3. The number of benzene rings is 1. The summed E-state index contributed by atoms with van der Waals surface area (Å²) in [6.07, 6.45) is 12.1. The Morgan fingerprint density at radius 1 is 1.14 bits per heavy atom. The van der Waals surface area contributed by atoms with E-state index < -0.39 is 0 Å². The Balaban J connectivity index is 1.54. The summed E-state index contributed by atoms with van der Waals surface area (Å²) >= 11 is 0. The summed E-state index contributed by atoms with van der Waals surface area (Å²) in [6.45, 7) is 6.20. The summed E-state index contributed by atoms with van der Waals surface area (Å²) in [4.78, 5) is 8.51. The van der Waals surface area contributed by atoms with Crippen molar-refractivity contribution in [2.24, 2.45) is 10.2 Å². The first-order chi connectivity index (χ1) is 14.2. The molecule has 2 aliphatic heterocycles. The van der Waals surface area contributed by atoms with Crippen molar-refractivity contribution in [3.63, 3.8) is 0 Å². The molecule has 6 heteroatoms. The third-order valence-corrected chi connectivity index (χ3v) is 5.16. The second-order valence-electron chi connectivity index (χ2n) is 7.09. The number of aromatic nitrogens is 2. The van der Waals surface area contributed by atoms with Crippen molar-refractivity contribution in [1.82, 2.24) is 9.97 Å². The SMILES string of the molecule is C=C1C=CN(c2ccnc(C)c2)N=C1C1CC=NN1c1cccc2cnccc12. The molecule has 1 unspecified atom stereocenters. The highest BCUT2D eigenvalue weighted by atomic mass is 15.5. The fraction of sp³-hybridized carbons (Fsp3) is 0.130. The first-order valence-corrected chi connectivity index (χ1v) is 9.53. The Bertz CT molecular complexity index is 1190. The maximum Gasteiger partial charge on any atom is 0.102 e. The smallest absolute Gasteiger partial charge is 0.102 e. The van der Waals surface area contributed by atoms with Crippen molar-refractivity contribution < 1.29 is 0 Å². The molecule has 5 rings (SSSR count). The predicted molar refractivity (Wildman–Crippen MR) is 118 cm³/mol. The minimum Gasteiger partial charge on any atom is -0.264 e. The predicted octanol–water partition coefficient (Wildman–Crippen LogP) is 4.45. The van der Waals surface area contributed by atoms with E-state index in [2.05, 4.69) is 33.8 Å². The fourth-order valence-corrected chi connectivity index (χ4v) is 3.74. The molecule has 3 aromatic rings. The average Bonchev–Trinajstić information content (AvgIpc) is 3.23. The second-order valence-corrected chi connectivity index (χ2v) is 7.09. The zero-order valence-corrected chi connectivity index (χ0v) is 16.1. The molecule has 6 nitrogen and oxygen atoms in total. The summed E-state index contributed by atoms with van der Waals surface area (Å²) in [5.41, 5.74) is 4.77. The molecule has 0 saturated heterocycles. The number of hydrazone groups is 2. The maximum absolute atomic E-state index is 4.91. The molecule has 142 valence electrons. The number of aryl methyl sites for hydroxylation is 1. The quantitative estimate of drug-likeness (QED) is 0.674. The van der Waals surface area contributed by atoms with Crippen molar-refractivity contribution >= 4 is 34.1 Å². The van der Waals surface area contributed by atoms with Gasteiger partial charge >= 0.3 is 0 Å². The third kappa shape index (κ3) is 3.08. The first kappa shape index (κ1) is 17.3. The van der Waals surface area contributed by atoms with E-state index in [9.17, 15) is 0 Å². The minimum absolute atomic E-state index is 0.0170. The van der Waals surface area contributed by atoms with Crippen LogP contribution < -0.4 is 10.0 Å². The van der Waals surface area contributed by atoms with Crippen LogP contribution in [0.2, 0.25) is 0 Å². The van der Waals surface area contributed by atoms with E-state index in [0.29, 0.717) is 0 Å². The van der Waals surface area contributed by atoms with Crippen LogP contribution in [-0.2, 0) is 0 Å². The molecule has 0 aliphatic carbocycles. The molecule has 0 N–H and O–H groups in total. The lowest BCUT2D eigenvalue weighted by Gasteiger charge is -2.30. The number of hydrogen-bond donors (Lipinski definition) is 0. The van der Waals surface area contributed by atoms with Gasteiger partial charge < -0.3 is 0 Å². The molecule has 2 aliphatic rings. The van der Waals surface area contributed by atoms with E-state index in [1.165, 1.54) is 0 Å². The molecule has 0 saturated carbocycles. The second kappa shape index (κ2) is 6.98. The number of hydrogen-bond acceptors (Lipinski definition) is 6. The van der Waals surface area contributed by atoms with Crippen molar-refractivity contribution in [2.75, 3.05) is 10.0 Å². The van der Waals surface area contributed by atoms with E-state index in [0.717, 1.165) is 45.5 Å². The molecular weight excluding hydrogens is 360 g/mol. The molecule has 0 bridgehead atoms. The van der Waals surface area contributed by atoms with Gasteiger partial charge in [-0.25, -0.2) is 5.01 Å². The number of nitrogens with zero attached hydrogens (tertiary/aromatic N) is 6. The van der Waals surface area contributed by atoms with Crippen molar-refractivity contribution in [1.29, 1.82) is 0 Å². The van der Waals surface area contributed by atoms with Crippen LogP contribution in [0.1, 0.15) is 12.1 Å². The van der Waals surface area contributed by atoms with Crippen LogP contribution in [0.4, 0.5) is 11.4 Å². The molecule has 4 heterocycles. The lowest BCUT2D eigenvalue weighted by molar-refractivity contribution is 0.816. The Morgan fingerprint density at radius 2 is 2.07 bits per heavy atom. The van der Waals surface area contributed by atoms with Crippen molar-refractivity contribution in [3.05, 3.63) is 85.1 Å². The van der Waals surface area contributed by atoms with Crippen LogP contribution in [0, 0.1) is 6.92 Å². The van der Waals surface area contributed by atoms with Gasteiger partial charge in [-0.05, 0) is 42.8 Å². The van der Waals surface area contributed by atoms with Gasteiger partial charge in [0.2, 0.25) is 0 Å². The highest BCUT2D eigenvalue weighted by Gasteiger charge is 2.31. The number of pyridine rings is 2. The zero-order valence-electron chi connectivity index (χ0n) is 16.1. The van der Waals surface area contributed by atoms with Gasteiger partial charge in [0.05, 0.1) is 17.1 Å². The van der Waals surface area contributed by atoms with Gasteiger partial charge in [0.15, 0.2) is 0 Å². The van der Waals surface area contributed by atoms with Crippen LogP contribution >= 0.6 is 0 Å². The monoisotopic (exact) mass is 380 g/mol. The topological polar surface area (TPSA) is 57.0 Å². The van der Waals surface area contributed by atoms with E-state index in [1.807, 2.05) is 72.1 Å². The summed E-state index contributed by atoms with van der Waals surface area (Å²) in [5.74, 6) is 0. The highest BCUT2D eigenvalue weighted by Crippen LogP contribution is 2.32. The maximum atomic E-state index is 4.91. The van der Waals surface area contributed by atoms with Crippen LogP contribution in [-0.4, -0.2) is 27.9 Å². The average molecular weight is 380 g/mol. The number of fused-ring (bicyclic) bond motifs is 1. The molecule has 29 heavy (non-hydrogen) atoms. The number of anilines is 2. The van der Waals surface area contributed by atoms with E-state index >= 15 is 0 Å². The first-order valence-electron chi connectivity index (χ1n) is 9.53. The van der Waals surface area contributed by atoms with Gasteiger partial charge in [0, 0.05) is 53.9 Å². The van der Waals surface area contributed by atoms with Gasteiger partial charge in [-0.1, -0.05) is 18.7 Å². The molecular formula is C23H20N6. The van der Waals surface area contributed by atoms with Gasteiger partial charge in [0.1, 0.15) is 6.04 Å². The Hall–Kier alpha value is -3.80.